The lowest BCUT2D eigenvalue weighted by atomic mass is 10.00. The largest absolute Gasteiger partial charge is 0.324 e. The standard InChI is InChI=1S/C15H22ClN3O/c1-11-12(16)5-4-6-13(11)18-14(20)15(2,3)19-9-7-17-8-10-19/h4-6,17H,7-10H2,1-3H3,(H,18,20). The van der Waals surface area contributed by atoms with Gasteiger partial charge in [0.05, 0.1) is 5.54 Å². The molecule has 1 aromatic rings. The molecule has 0 aliphatic carbocycles. The number of piperazine rings is 1. The van der Waals surface area contributed by atoms with Crippen LogP contribution in [0.15, 0.2) is 18.2 Å². The summed E-state index contributed by atoms with van der Waals surface area (Å²) in [6.45, 7) is 9.46. The summed E-state index contributed by atoms with van der Waals surface area (Å²) >= 11 is 6.09. The zero-order chi connectivity index (χ0) is 14.8. The van der Waals surface area contributed by atoms with Crippen molar-refractivity contribution >= 4 is 23.2 Å². The number of benzene rings is 1. The van der Waals surface area contributed by atoms with E-state index in [9.17, 15) is 4.79 Å². The van der Waals surface area contributed by atoms with E-state index in [1.807, 2.05) is 39.0 Å². The molecule has 0 unspecified atom stereocenters. The summed E-state index contributed by atoms with van der Waals surface area (Å²) in [5, 5.41) is 6.97. The zero-order valence-corrected chi connectivity index (χ0v) is 13.0. The average Bonchev–Trinajstić information content (AvgIpc) is 2.44. The van der Waals surface area contributed by atoms with Gasteiger partial charge in [-0.25, -0.2) is 0 Å². The molecule has 0 atom stereocenters. The molecule has 110 valence electrons. The highest BCUT2D eigenvalue weighted by Gasteiger charge is 2.35. The maximum absolute atomic E-state index is 12.6. The Bertz CT molecular complexity index is 496. The number of carbonyl (C=O) groups is 1. The van der Waals surface area contributed by atoms with Crippen LogP contribution >= 0.6 is 11.6 Å². The molecule has 4 nitrogen and oxygen atoms in total. The Labute approximate surface area is 125 Å². The highest BCUT2D eigenvalue weighted by molar-refractivity contribution is 6.31. The number of amides is 1. The topological polar surface area (TPSA) is 44.4 Å². The van der Waals surface area contributed by atoms with Gasteiger partial charge in [0.1, 0.15) is 0 Å². The molecule has 1 aromatic carbocycles. The molecule has 1 fully saturated rings. The monoisotopic (exact) mass is 295 g/mol. The van der Waals surface area contributed by atoms with Crippen LogP contribution in [0.5, 0.6) is 0 Å². The highest BCUT2D eigenvalue weighted by Crippen LogP contribution is 2.25. The molecule has 1 aliphatic rings. The zero-order valence-electron chi connectivity index (χ0n) is 12.3. The van der Waals surface area contributed by atoms with E-state index in [1.54, 1.807) is 0 Å². The Balaban J connectivity index is 2.12. The van der Waals surface area contributed by atoms with Gasteiger partial charge in [-0.2, -0.15) is 0 Å². The highest BCUT2D eigenvalue weighted by atomic mass is 35.5. The summed E-state index contributed by atoms with van der Waals surface area (Å²) in [7, 11) is 0. The number of nitrogens with zero attached hydrogens (tertiary/aromatic N) is 1. The van der Waals surface area contributed by atoms with Gasteiger partial charge in [-0.1, -0.05) is 17.7 Å². The Morgan fingerprint density at radius 3 is 2.65 bits per heavy atom. The first kappa shape index (κ1) is 15.3. The molecular weight excluding hydrogens is 274 g/mol. The Morgan fingerprint density at radius 1 is 1.35 bits per heavy atom. The molecule has 0 saturated carbocycles. The van der Waals surface area contributed by atoms with Gasteiger partial charge in [0.15, 0.2) is 0 Å². The third kappa shape index (κ3) is 3.14. The molecule has 1 amide bonds. The van der Waals surface area contributed by atoms with Crippen LogP contribution in [0, 0.1) is 6.92 Å². The normalized spacial score (nSPS) is 17.0. The molecule has 1 saturated heterocycles. The summed E-state index contributed by atoms with van der Waals surface area (Å²) in [4.78, 5) is 14.8. The van der Waals surface area contributed by atoms with Crippen LogP contribution < -0.4 is 10.6 Å². The first-order chi connectivity index (χ1) is 9.43. The molecule has 1 heterocycles. The van der Waals surface area contributed by atoms with Gasteiger partial charge in [0.2, 0.25) is 5.91 Å². The lowest BCUT2D eigenvalue weighted by Crippen LogP contribution is -2.58. The van der Waals surface area contributed by atoms with Crippen molar-refractivity contribution < 1.29 is 4.79 Å². The smallest absolute Gasteiger partial charge is 0.244 e. The number of hydrogen-bond donors (Lipinski definition) is 2. The van der Waals surface area contributed by atoms with Gasteiger partial charge in [0.25, 0.3) is 0 Å². The van der Waals surface area contributed by atoms with Crippen molar-refractivity contribution in [2.45, 2.75) is 26.3 Å². The SMILES string of the molecule is Cc1c(Cl)cccc1NC(=O)C(C)(C)N1CCNCC1. The molecule has 0 bridgehead atoms. The van der Waals surface area contributed by atoms with Crippen molar-refractivity contribution in [3.05, 3.63) is 28.8 Å². The summed E-state index contributed by atoms with van der Waals surface area (Å²) in [6, 6.07) is 5.56. The van der Waals surface area contributed by atoms with Gasteiger partial charge in [-0.15, -0.1) is 0 Å². The average molecular weight is 296 g/mol. The van der Waals surface area contributed by atoms with E-state index in [2.05, 4.69) is 15.5 Å². The molecule has 2 N–H and O–H groups in total. The first-order valence-corrected chi connectivity index (χ1v) is 7.33. The van der Waals surface area contributed by atoms with Gasteiger partial charge < -0.3 is 10.6 Å². The maximum atomic E-state index is 12.6. The van der Waals surface area contributed by atoms with E-state index >= 15 is 0 Å². The van der Waals surface area contributed by atoms with E-state index < -0.39 is 5.54 Å². The Hall–Kier alpha value is -1.10. The van der Waals surface area contributed by atoms with Crippen molar-refractivity contribution in [3.8, 4) is 0 Å². The van der Waals surface area contributed by atoms with E-state index in [-0.39, 0.29) is 5.91 Å². The first-order valence-electron chi connectivity index (χ1n) is 6.95. The summed E-state index contributed by atoms with van der Waals surface area (Å²) in [5.74, 6) is 0.00441. The predicted octanol–water partition coefficient (Wildman–Crippen LogP) is 2.27. The minimum absolute atomic E-state index is 0.00441. The van der Waals surface area contributed by atoms with Crippen LogP contribution in [0.4, 0.5) is 5.69 Å². The Kier molecular flexibility index (Phi) is 4.68. The summed E-state index contributed by atoms with van der Waals surface area (Å²) in [6.07, 6.45) is 0. The predicted molar refractivity (Wildman–Crippen MR) is 83.3 cm³/mol. The van der Waals surface area contributed by atoms with Crippen LogP contribution in [0.1, 0.15) is 19.4 Å². The van der Waals surface area contributed by atoms with E-state index in [0.717, 1.165) is 37.4 Å². The number of rotatable bonds is 3. The lowest BCUT2D eigenvalue weighted by molar-refractivity contribution is -0.126. The number of anilines is 1. The minimum atomic E-state index is -0.531. The van der Waals surface area contributed by atoms with Crippen molar-refractivity contribution in [2.75, 3.05) is 31.5 Å². The molecule has 0 spiro atoms. The van der Waals surface area contributed by atoms with E-state index in [0.29, 0.717) is 5.02 Å². The van der Waals surface area contributed by atoms with Crippen LogP contribution in [0.25, 0.3) is 0 Å². The van der Waals surface area contributed by atoms with Crippen LogP contribution in [-0.4, -0.2) is 42.5 Å². The molecule has 20 heavy (non-hydrogen) atoms. The Morgan fingerprint density at radius 2 is 2.00 bits per heavy atom. The quantitative estimate of drug-likeness (QED) is 0.899. The van der Waals surface area contributed by atoms with Gasteiger partial charge in [-0.3, -0.25) is 9.69 Å². The molecule has 0 aromatic heterocycles. The van der Waals surface area contributed by atoms with Crippen LogP contribution in [0.2, 0.25) is 5.02 Å². The molecular formula is C15H22ClN3O. The second-order valence-corrected chi connectivity index (χ2v) is 6.07. The van der Waals surface area contributed by atoms with Gasteiger partial charge in [0, 0.05) is 36.9 Å². The molecule has 0 radical (unpaired) electrons. The fourth-order valence-electron chi connectivity index (χ4n) is 2.39. The molecule has 5 heteroatoms. The number of hydrogen-bond acceptors (Lipinski definition) is 3. The maximum Gasteiger partial charge on any atom is 0.244 e. The number of nitrogens with one attached hydrogen (secondary N) is 2. The minimum Gasteiger partial charge on any atom is -0.324 e. The van der Waals surface area contributed by atoms with Crippen molar-refractivity contribution in [1.82, 2.24) is 10.2 Å². The van der Waals surface area contributed by atoms with Crippen molar-refractivity contribution in [2.24, 2.45) is 0 Å². The van der Waals surface area contributed by atoms with Crippen molar-refractivity contribution in [3.63, 3.8) is 0 Å². The second-order valence-electron chi connectivity index (χ2n) is 5.66. The van der Waals surface area contributed by atoms with E-state index in [4.69, 9.17) is 11.6 Å². The second kappa shape index (κ2) is 6.12. The van der Waals surface area contributed by atoms with E-state index in [1.165, 1.54) is 0 Å². The fourth-order valence-corrected chi connectivity index (χ4v) is 2.56. The molecule has 1 aliphatic heterocycles. The van der Waals surface area contributed by atoms with Gasteiger partial charge in [-0.05, 0) is 38.5 Å². The van der Waals surface area contributed by atoms with Crippen LogP contribution in [-0.2, 0) is 4.79 Å². The van der Waals surface area contributed by atoms with Crippen molar-refractivity contribution in [1.29, 1.82) is 0 Å². The van der Waals surface area contributed by atoms with Gasteiger partial charge >= 0.3 is 0 Å². The van der Waals surface area contributed by atoms with Crippen LogP contribution in [0.3, 0.4) is 0 Å². The summed E-state index contributed by atoms with van der Waals surface area (Å²) in [5.41, 5.74) is 1.15. The third-order valence-electron chi connectivity index (χ3n) is 3.98. The number of carbonyl (C=O) groups excluding carboxylic acids is 1. The molecule has 2 rings (SSSR count). The fraction of sp³-hybridized carbons (Fsp3) is 0.533. The summed E-state index contributed by atoms with van der Waals surface area (Å²) < 4.78 is 0. The lowest BCUT2D eigenvalue weighted by Gasteiger charge is -2.39. The number of halogens is 1. The third-order valence-corrected chi connectivity index (χ3v) is 4.39.